The van der Waals surface area contributed by atoms with E-state index in [0.717, 1.165) is 44.3 Å². The average Bonchev–Trinajstić information content (AvgIpc) is 2.68. The van der Waals surface area contributed by atoms with E-state index in [1.54, 1.807) is 0 Å². The smallest absolute Gasteiger partial charge is 0.225 e. The Bertz CT molecular complexity index is 603. The highest BCUT2D eigenvalue weighted by Gasteiger charge is 2.29. The van der Waals surface area contributed by atoms with E-state index in [4.69, 9.17) is 11.6 Å². The number of hydrogen-bond acceptors (Lipinski definition) is 2. The first-order valence-electron chi connectivity index (χ1n) is 9.92. The van der Waals surface area contributed by atoms with Gasteiger partial charge in [-0.05, 0) is 49.3 Å². The van der Waals surface area contributed by atoms with Crippen LogP contribution in [0.3, 0.4) is 0 Å². The minimum absolute atomic E-state index is 0.0945. The van der Waals surface area contributed by atoms with Crippen molar-refractivity contribution in [3.63, 3.8) is 0 Å². The molecule has 26 heavy (non-hydrogen) atoms. The molecule has 4 nitrogen and oxygen atoms in total. The molecule has 1 saturated heterocycles. The first kappa shape index (κ1) is 19.2. The number of nitrogens with one attached hydrogen (secondary N) is 1. The topological polar surface area (TPSA) is 49.4 Å². The van der Waals surface area contributed by atoms with Crippen LogP contribution >= 0.6 is 11.6 Å². The van der Waals surface area contributed by atoms with Gasteiger partial charge < -0.3 is 10.2 Å². The second kappa shape index (κ2) is 9.40. The van der Waals surface area contributed by atoms with Gasteiger partial charge in [-0.3, -0.25) is 9.59 Å². The number of hydrogen-bond donors (Lipinski definition) is 1. The van der Waals surface area contributed by atoms with Crippen molar-refractivity contribution in [2.24, 2.45) is 11.8 Å². The molecule has 3 rings (SSSR count). The number of likely N-dealkylation sites (tertiary alicyclic amines) is 1. The standard InChI is InChI=1S/C21H29ClN2O2/c22-19-8-6-17(7-9-19)15-23-20(25)14-16-10-12-24(13-11-16)21(26)18-4-2-1-3-5-18/h6-9,16,18H,1-5,10-15H2,(H,23,25). The second-order valence-electron chi connectivity index (χ2n) is 7.71. The normalized spacial score (nSPS) is 19.3. The van der Waals surface area contributed by atoms with Crippen molar-refractivity contribution in [3.05, 3.63) is 34.9 Å². The molecule has 1 saturated carbocycles. The van der Waals surface area contributed by atoms with Gasteiger partial charge in [0, 0.05) is 37.0 Å². The number of rotatable bonds is 5. The van der Waals surface area contributed by atoms with Crippen LogP contribution in [0.4, 0.5) is 0 Å². The predicted molar refractivity (Wildman–Crippen MR) is 104 cm³/mol. The monoisotopic (exact) mass is 376 g/mol. The van der Waals surface area contributed by atoms with Gasteiger partial charge in [0.05, 0.1) is 0 Å². The molecule has 1 aromatic rings. The van der Waals surface area contributed by atoms with E-state index in [2.05, 4.69) is 5.32 Å². The molecule has 0 radical (unpaired) electrons. The summed E-state index contributed by atoms with van der Waals surface area (Å²) in [5, 5.41) is 3.69. The summed E-state index contributed by atoms with van der Waals surface area (Å²) in [6.45, 7) is 2.16. The minimum Gasteiger partial charge on any atom is -0.352 e. The van der Waals surface area contributed by atoms with Crippen molar-refractivity contribution in [1.29, 1.82) is 0 Å². The molecule has 2 aliphatic rings. The van der Waals surface area contributed by atoms with E-state index in [1.165, 1.54) is 19.3 Å². The van der Waals surface area contributed by atoms with Crippen molar-refractivity contribution < 1.29 is 9.59 Å². The molecular weight excluding hydrogens is 348 g/mol. The van der Waals surface area contributed by atoms with Crippen LogP contribution in [0.15, 0.2) is 24.3 Å². The lowest BCUT2D eigenvalue weighted by Crippen LogP contribution is -2.43. The van der Waals surface area contributed by atoms with E-state index in [0.29, 0.717) is 29.8 Å². The van der Waals surface area contributed by atoms with Crippen LogP contribution in [0.2, 0.25) is 5.02 Å². The predicted octanol–water partition coefficient (Wildman–Crippen LogP) is 4.17. The first-order chi connectivity index (χ1) is 12.6. The van der Waals surface area contributed by atoms with Crippen molar-refractivity contribution in [3.8, 4) is 0 Å². The number of amides is 2. The van der Waals surface area contributed by atoms with Gasteiger partial charge in [-0.25, -0.2) is 0 Å². The van der Waals surface area contributed by atoms with Crippen LogP contribution in [-0.4, -0.2) is 29.8 Å². The fourth-order valence-corrected chi connectivity index (χ4v) is 4.23. The number of halogens is 1. The Kier molecular flexibility index (Phi) is 6.95. The van der Waals surface area contributed by atoms with Crippen LogP contribution in [-0.2, 0) is 16.1 Å². The van der Waals surface area contributed by atoms with Gasteiger partial charge in [-0.2, -0.15) is 0 Å². The Labute approximate surface area is 161 Å². The van der Waals surface area contributed by atoms with E-state index < -0.39 is 0 Å². The molecular formula is C21H29ClN2O2. The third-order valence-electron chi connectivity index (χ3n) is 5.76. The molecule has 142 valence electrons. The van der Waals surface area contributed by atoms with E-state index >= 15 is 0 Å². The van der Waals surface area contributed by atoms with Crippen molar-refractivity contribution >= 4 is 23.4 Å². The summed E-state index contributed by atoms with van der Waals surface area (Å²) >= 11 is 5.87. The third kappa shape index (κ3) is 5.47. The minimum atomic E-state index is 0.0945. The summed E-state index contributed by atoms with van der Waals surface area (Å²) in [4.78, 5) is 26.8. The van der Waals surface area contributed by atoms with E-state index in [9.17, 15) is 9.59 Å². The maximum absolute atomic E-state index is 12.6. The molecule has 0 atom stereocenters. The summed E-state index contributed by atoms with van der Waals surface area (Å²) in [6, 6.07) is 7.53. The van der Waals surface area contributed by atoms with Crippen molar-refractivity contribution in [1.82, 2.24) is 10.2 Å². The van der Waals surface area contributed by atoms with Gasteiger partial charge in [-0.15, -0.1) is 0 Å². The van der Waals surface area contributed by atoms with Gasteiger partial charge in [0.15, 0.2) is 0 Å². The van der Waals surface area contributed by atoms with Crippen LogP contribution < -0.4 is 5.32 Å². The maximum Gasteiger partial charge on any atom is 0.225 e. The number of piperidine rings is 1. The molecule has 5 heteroatoms. The molecule has 1 N–H and O–H groups in total. The lowest BCUT2D eigenvalue weighted by Gasteiger charge is -2.35. The molecule has 1 aliphatic heterocycles. The molecule has 2 amide bonds. The lowest BCUT2D eigenvalue weighted by molar-refractivity contribution is -0.138. The zero-order valence-corrected chi connectivity index (χ0v) is 16.1. The molecule has 0 bridgehead atoms. The fourth-order valence-electron chi connectivity index (χ4n) is 4.10. The average molecular weight is 377 g/mol. The quantitative estimate of drug-likeness (QED) is 0.838. The van der Waals surface area contributed by atoms with E-state index in [-0.39, 0.29) is 11.8 Å². The lowest BCUT2D eigenvalue weighted by atomic mass is 9.87. The zero-order chi connectivity index (χ0) is 18.4. The fraction of sp³-hybridized carbons (Fsp3) is 0.619. The summed E-state index contributed by atoms with van der Waals surface area (Å²) < 4.78 is 0. The van der Waals surface area contributed by atoms with Crippen molar-refractivity contribution in [2.45, 2.75) is 57.9 Å². The second-order valence-corrected chi connectivity index (χ2v) is 8.15. The molecule has 0 spiro atoms. The summed E-state index contributed by atoms with van der Waals surface area (Å²) in [5.41, 5.74) is 1.05. The van der Waals surface area contributed by atoms with Crippen LogP contribution in [0.25, 0.3) is 0 Å². The van der Waals surface area contributed by atoms with Crippen molar-refractivity contribution in [2.75, 3.05) is 13.1 Å². The number of benzene rings is 1. The highest BCUT2D eigenvalue weighted by Crippen LogP contribution is 2.28. The Hall–Kier alpha value is -1.55. The molecule has 0 unspecified atom stereocenters. The Morgan fingerprint density at radius 2 is 1.65 bits per heavy atom. The largest absolute Gasteiger partial charge is 0.352 e. The summed E-state index contributed by atoms with van der Waals surface area (Å²) in [7, 11) is 0. The SMILES string of the molecule is O=C(CC1CCN(C(=O)C2CCCCC2)CC1)NCc1ccc(Cl)cc1. The first-order valence-corrected chi connectivity index (χ1v) is 10.3. The van der Waals surface area contributed by atoms with E-state index in [1.807, 2.05) is 29.2 Å². The van der Waals surface area contributed by atoms with Gasteiger partial charge in [-0.1, -0.05) is 43.0 Å². The number of carbonyl (C=O) groups is 2. The zero-order valence-electron chi connectivity index (χ0n) is 15.4. The molecule has 0 aromatic heterocycles. The Morgan fingerprint density at radius 1 is 1.00 bits per heavy atom. The number of nitrogens with zero attached hydrogens (tertiary/aromatic N) is 1. The summed E-state index contributed by atoms with van der Waals surface area (Å²) in [6.07, 6.45) is 8.22. The maximum atomic E-state index is 12.6. The molecule has 1 aromatic carbocycles. The molecule has 1 aliphatic carbocycles. The summed E-state index contributed by atoms with van der Waals surface area (Å²) in [5.74, 6) is 1.09. The number of carbonyl (C=O) groups excluding carboxylic acids is 2. The van der Waals surface area contributed by atoms with Crippen LogP contribution in [0.5, 0.6) is 0 Å². The van der Waals surface area contributed by atoms with Crippen LogP contribution in [0, 0.1) is 11.8 Å². The Balaban J connectivity index is 1.37. The Morgan fingerprint density at radius 3 is 2.31 bits per heavy atom. The van der Waals surface area contributed by atoms with Crippen LogP contribution in [0.1, 0.15) is 56.9 Å². The van der Waals surface area contributed by atoms with Gasteiger partial charge in [0.2, 0.25) is 11.8 Å². The molecule has 1 heterocycles. The van der Waals surface area contributed by atoms with Gasteiger partial charge >= 0.3 is 0 Å². The highest BCUT2D eigenvalue weighted by molar-refractivity contribution is 6.30. The molecule has 2 fully saturated rings. The van der Waals surface area contributed by atoms with Gasteiger partial charge in [0.25, 0.3) is 0 Å². The highest BCUT2D eigenvalue weighted by atomic mass is 35.5. The van der Waals surface area contributed by atoms with Gasteiger partial charge in [0.1, 0.15) is 0 Å². The third-order valence-corrected chi connectivity index (χ3v) is 6.01.